The molecule has 5 nitrogen and oxygen atoms in total. The smallest absolute Gasteiger partial charge is 0.175 e. The van der Waals surface area contributed by atoms with E-state index in [2.05, 4.69) is 9.88 Å². The summed E-state index contributed by atoms with van der Waals surface area (Å²) in [4.78, 5) is 6.98. The molecule has 1 fully saturated rings. The summed E-state index contributed by atoms with van der Waals surface area (Å²) in [5.74, 6) is 0. The summed E-state index contributed by atoms with van der Waals surface area (Å²) in [6.45, 7) is 4.28. The molecule has 23 heavy (non-hydrogen) atoms. The van der Waals surface area contributed by atoms with Gasteiger partial charge in [0.2, 0.25) is 0 Å². The number of ether oxygens (including phenoxy) is 1. The van der Waals surface area contributed by atoms with Gasteiger partial charge in [0, 0.05) is 30.4 Å². The number of aryl methyl sites for hydroxylation is 1. The fourth-order valence-corrected chi connectivity index (χ4v) is 3.91. The highest BCUT2D eigenvalue weighted by atomic mass is 32.2. The third-order valence-electron chi connectivity index (χ3n) is 3.91. The monoisotopic (exact) mass is 352 g/mol. The number of benzene rings is 1. The average Bonchev–Trinajstić information content (AvgIpc) is 3.13. The predicted octanol–water partition coefficient (Wildman–Crippen LogP) is 2.65. The van der Waals surface area contributed by atoms with Crippen molar-refractivity contribution in [1.29, 1.82) is 0 Å². The van der Waals surface area contributed by atoms with E-state index >= 15 is 0 Å². The molecular formula is C16H20N2O3S2. The Morgan fingerprint density at radius 2 is 2.09 bits per heavy atom. The first-order chi connectivity index (χ1) is 10.9. The lowest BCUT2D eigenvalue weighted by molar-refractivity contribution is 0.0536. The number of anilines is 1. The first kappa shape index (κ1) is 16.4. The van der Waals surface area contributed by atoms with Gasteiger partial charge in [-0.05, 0) is 37.6 Å². The van der Waals surface area contributed by atoms with Crippen molar-refractivity contribution < 1.29 is 13.2 Å². The molecule has 0 saturated carbocycles. The molecule has 1 saturated heterocycles. The summed E-state index contributed by atoms with van der Waals surface area (Å²) in [5.41, 5.74) is 2.02. The molecular weight excluding hydrogens is 332 g/mol. The normalized spacial score (nSPS) is 18.5. The number of aromatic nitrogens is 1. The average molecular weight is 352 g/mol. The highest BCUT2D eigenvalue weighted by Crippen LogP contribution is 2.24. The van der Waals surface area contributed by atoms with Crippen LogP contribution in [0.2, 0.25) is 0 Å². The molecule has 1 atom stereocenters. The van der Waals surface area contributed by atoms with Crippen molar-refractivity contribution in [3.63, 3.8) is 0 Å². The van der Waals surface area contributed by atoms with E-state index in [1.54, 1.807) is 23.5 Å². The molecule has 124 valence electrons. The van der Waals surface area contributed by atoms with E-state index in [-0.39, 0.29) is 6.10 Å². The van der Waals surface area contributed by atoms with Crippen LogP contribution in [0.5, 0.6) is 0 Å². The van der Waals surface area contributed by atoms with Gasteiger partial charge < -0.3 is 9.64 Å². The number of hydrogen-bond acceptors (Lipinski definition) is 6. The Morgan fingerprint density at radius 3 is 2.70 bits per heavy atom. The molecule has 0 bridgehead atoms. The lowest BCUT2D eigenvalue weighted by Gasteiger charge is -2.19. The molecule has 2 aromatic rings. The summed E-state index contributed by atoms with van der Waals surface area (Å²) in [6, 6.07) is 7.05. The van der Waals surface area contributed by atoms with E-state index in [0.717, 1.165) is 35.9 Å². The fourth-order valence-electron chi connectivity index (χ4n) is 2.68. The van der Waals surface area contributed by atoms with Gasteiger partial charge in [-0.3, -0.25) is 0 Å². The highest BCUT2D eigenvalue weighted by molar-refractivity contribution is 7.90. The maximum absolute atomic E-state index is 11.5. The van der Waals surface area contributed by atoms with Crippen LogP contribution in [0.25, 0.3) is 0 Å². The number of hydrogen-bond donors (Lipinski definition) is 0. The summed E-state index contributed by atoms with van der Waals surface area (Å²) in [6.07, 6.45) is 2.38. The molecule has 1 unspecified atom stereocenters. The second kappa shape index (κ2) is 6.59. The third-order valence-corrected chi connectivity index (χ3v) is 5.86. The van der Waals surface area contributed by atoms with Crippen molar-refractivity contribution in [3.8, 4) is 0 Å². The second-order valence-electron chi connectivity index (χ2n) is 5.79. The second-order valence-corrected chi connectivity index (χ2v) is 8.87. The van der Waals surface area contributed by atoms with Crippen molar-refractivity contribution >= 4 is 26.9 Å². The van der Waals surface area contributed by atoms with Crippen LogP contribution in [-0.2, 0) is 21.2 Å². The van der Waals surface area contributed by atoms with Gasteiger partial charge in [-0.1, -0.05) is 0 Å². The minimum atomic E-state index is -3.14. The van der Waals surface area contributed by atoms with Crippen molar-refractivity contribution in [1.82, 2.24) is 4.98 Å². The Bertz CT molecular complexity index is 769. The molecule has 0 amide bonds. The van der Waals surface area contributed by atoms with Crippen LogP contribution in [-0.4, -0.2) is 38.9 Å². The van der Waals surface area contributed by atoms with Gasteiger partial charge in [-0.25, -0.2) is 13.4 Å². The molecule has 7 heteroatoms. The quantitative estimate of drug-likeness (QED) is 0.828. The van der Waals surface area contributed by atoms with Gasteiger partial charge in [0.1, 0.15) is 0 Å². The molecule has 0 radical (unpaired) electrons. The van der Waals surface area contributed by atoms with E-state index in [4.69, 9.17) is 4.74 Å². The molecule has 1 aliphatic heterocycles. The molecule has 2 heterocycles. The molecule has 1 aromatic heterocycles. The Kier molecular flexibility index (Phi) is 4.70. The first-order valence-electron chi connectivity index (χ1n) is 7.49. The van der Waals surface area contributed by atoms with Crippen LogP contribution in [0.4, 0.5) is 5.69 Å². The van der Waals surface area contributed by atoms with Gasteiger partial charge in [0.05, 0.1) is 28.3 Å². The molecule has 0 aliphatic carbocycles. The summed E-state index contributed by atoms with van der Waals surface area (Å²) in [5, 5.41) is 3.09. The van der Waals surface area contributed by atoms with Gasteiger partial charge >= 0.3 is 0 Å². The molecule has 1 aromatic carbocycles. The predicted molar refractivity (Wildman–Crippen MR) is 91.8 cm³/mol. The highest BCUT2D eigenvalue weighted by Gasteiger charge is 2.23. The summed E-state index contributed by atoms with van der Waals surface area (Å²) < 4.78 is 28.9. The summed E-state index contributed by atoms with van der Waals surface area (Å²) in [7, 11) is -3.14. The molecule has 0 spiro atoms. The zero-order valence-electron chi connectivity index (χ0n) is 13.2. The number of thiazole rings is 1. The topological polar surface area (TPSA) is 59.5 Å². The minimum absolute atomic E-state index is 0.187. The molecule has 3 rings (SSSR count). The van der Waals surface area contributed by atoms with E-state index < -0.39 is 9.84 Å². The van der Waals surface area contributed by atoms with E-state index in [9.17, 15) is 8.42 Å². The van der Waals surface area contributed by atoms with E-state index in [1.165, 1.54) is 6.26 Å². The lowest BCUT2D eigenvalue weighted by Crippen LogP contribution is -2.22. The van der Waals surface area contributed by atoms with Crippen molar-refractivity contribution in [2.75, 3.05) is 24.2 Å². The van der Waals surface area contributed by atoms with Crippen molar-refractivity contribution in [2.45, 2.75) is 31.0 Å². The first-order valence-corrected chi connectivity index (χ1v) is 10.3. The maximum atomic E-state index is 11.5. The Morgan fingerprint density at radius 1 is 1.35 bits per heavy atom. The molecule has 1 aliphatic rings. The van der Waals surface area contributed by atoms with Crippen LogP contribution in [0, 0.1) is 6.92 Å². The van der Waals surface area contributed by atoms with Crippen molar-refractivity contribution in [3.05, 3.63) is 40.3 Å². The number of sulfone groups is 1. The maximum Gasteiger partial charge on any atom is 0.175 e. The van der Waals surface area contributed by atoms with E-state index in [1.807, 2.05) is 24.4 Å². The van der Waals surface area contributed by atoms with Gasteiger partial charge in [0.15, 0.2) is 9.84 Å². The van der Waals surface area contributed by atoms with Crippen LogP contribution >= 0.6 is 11.3 Å². The Labute approximate surface area is 140 Å². The third kappa shape index (κ3) is 4.10. The molecule has 0 N–H and O–H groups in total. The standard InChI is InChI=1S/C16H20N2O3S2/c1-12-17-13(11-22-12)10-21-15-7-8-18(9-15)14-3-5-16(6-4-14)23(2,19)20/h3-6,11,15H,7-10H2,1-2H3. The van der Waals surface area contributed by atoms with Gasteiger partial charge in [-0.15, -0.1) is 11.3 Å². The summed E-state index contributed by atoms with van der Waals surface area (Å²) >= 11 is 1.64. The lowest BCUT2D eigenvalue weighted by atomic mass is 10.3. The fraction of sp³-hybridized carbons (Fsp3) is 0.438. The van der Waals surface area contributed by atoms with Gasteiger partial charge in [0.25, 0.3) is 0 Å². The SMILES string of the molecule is Cc1nc(COC2CCN(c3ccc(S(C)(=O)=O)cc3)C2)cs1. The van der Waals surface area contributed by atoms with Crippen molar-refractivity contribution in [2.24, 2.45) is 0 Å². The van der Waals surface area contributed by atoms with Crippen LogP contribution in [0.15, 0.2) is 34.5 Å². The largest absolute Gasteiger partial charge is 0.370 e. The number of rotatable bonds is 5. The Balaban J connectivity index is 1.57. The number of nitrogens with zero attached hydrogens (tertiary/aromatic N) is 2. The van der Waals surface area contributed by atoms with Gasteiger partial charge in [-0.2, -0.15) is 0 Å². The van der Waals surface area contributed by atoms with E-state index in [0.29, 0.717) is 11.5 Å². The Hall–Kier alpha value is -1.44. The zero-order valence-corrected chi connectivity index (χ0v) is 14.9. The van der Waals surface area contributed by atoms with Crippen LogP contribution in [0.1, 0.15) is 17.1 Å². The minimum Gasteiger partial charge on any atom is -0.370 e. The van der Waals surface area contributed by atoms with Crippen LogP contribution < -0.4 is 4.90 Å². The zero-order chi connectivity index (χ0) is 16.4. The van der Waals surface area contributed by atoms with Crippen LogP contribution in [0.3, 0.4) is 0 Å².